The van der Waals surface area contributed by atoms with Crippen molar-refractivity contribution in [3.05, 3.63) is 71.8 Å². The maximum absolute atomic E-state index is 12.1. The van der Waals surface area contributed by atoms with E-state index in [4.69, 9.17) is 21.1 Å². The maximum atomic E-state index is 12.1. The standard InChI is InChI=1S/C21H24ClNO4/c1-3-12-23(15-17-4-6-18(22)7-5-17)13-14-26-21(25)16(2)27-20-10-8-19(24)9-11-20/h3-11,16,24H,1,12-15H2,2H3. The summed E-state index contributed by atoms with van der Waals surface area (Å²) in [7, 11) is 0. The van der Waals surface area contributed by atoms with E-state index < -0.39 is 12.1 Å². The van der Waals surface area contributed by atoms with Crippen molar-refractivity contribution in [2.45, 2.75) is 19.6 Å². The van der Waals surface area contributed by atoms with Gasteiger partial charge in [0.15, 0.2) is 6.10 Å². The van der Waals surface area contributed by atoms with Crippen molar-refractivity contribution in [3.8, 4) is 11.5 Å². The van der Waals surface area contributed by atoms with Crippen LogP contribution in [0.2, 0.25) is 5.02 Å². The van der Waals surface area contributed by atoms with Crippen molar-refractivity contribution in [1.82, 2.24) is 4.90 Å². The molecule has 0 aliphatic heterocycles. The lowest BCUT2D eigenvalue weighted by atomic mass is 10.2. The molecule has 1 unspecified atom stereocenters. The van der Waals surface area contributed by atoms with E-state index in [-0.39, 0.29) is 12.4 Å². The highest BCUT2D eigenvalue weighted by atomic mass is 35.5. The van der Waals surface area contributed by atoms with Crippen molar-refractivity contribution in [3.63, 3.8) is 0 Å². The normalized spacial score (nSPS) is 11.8. The van der Waals surface area contributed by atoms with Gasteiger partial charge in [0.1, 0.15) is 18.1 Å². The molecule has 0 aromatic heterocycles. The van der Waals surface area contributed by atoms with Crippen LogP contribution in [-0.4, -0.2) is 41.8 Å². The van der Waals surface area contributed by atoms with E-state index in [1.165, 1.54) is 12.1 Å². The molecule has 2 aromatic rings. The van der Waals surface area contributed by atoms with Gasteiger partial charge in [-0.3, -0.25) is 4.90 Å². The van der Waals surface area contributed by atoms with Crippen LogP contribution in [-0.2, 0) is 16.1 Å². The molecule has 0 heterocycles. The molecule has 0 bridgehead atoms. The van der Waals surface area contributed by atoms with Crippen molar-refractivity contribution in [2.75, 3.05) is 19.7 Å². The average Bonchev–Trinajstić information content (AvgIpc) is 2.65. The third-order valence-corrected chi connectivity index (χ3v) is 4.09. The predicted octanol–water partition coefficient (Wildman–Crippen LogP) is 4.04. The van der Waals surface area contributed by atoms with Gasteiger partial charge in [-0.05, 0) is 48.9 Å². The van der Waals surface area contributed by atoms with Gasteiger partial charge >= 0.3 is 5.97 Å². The number of phenols is 1. The Kier molecular flexibility index (Phi) is 8.17. The molecular formula is C21H24ClNO4. The van der Waals surface area contributed by atoms with Crippen LogP contribution in [0.15, 0.2) is 61.2 Å². The first-order chi connectivity index (χ1) is 13.0. The lowest BCUT2D eigenvalue weighted by Gasteiger charge is -2.21. The molecule has 0 amide bonds. The van der Waals surface area contributed by atoms with E-state index in [0.717, 1.165) is 5.56 Å². The summed E-state index contributed by atoms with van der Waals surface area (Å²) >= 11 is 5.91. The Hall–Kier alpha value is -2.50. The number of halogens is 1. The number of ether oxygens (including phenoxy) is 2. The number of rotatable bonds is 10. The van der Waals surface area contributed by atoms with Crippen molar-refractivity contribution < 1.29 is 19.4 Å². The minimum atomic E-state index is -0.737. The highest BCUT2D eigenvalue weighted by molar-refractivity contribution is 6.30. The van der Waals surface area contributed by atoms with Gasteiger partial charge in [0.2, 0.25) is 0 Å². The molecule has 2 rings (SSSR count). The number of carbonyl (C=O) groups is 1. The van der Waals surface area contributed by atoms with Crippen LogP contribution < -0.4 is 4.74 Å². The quantitative estimate of drug-likeness (QED) is 0.490. The van der Waals surface area contributed by atoms with E-state index in [0.29, 0.717) is 30.4 Å². The van der Waals surface area contributed by atoms with Crippen molar-refractivity contribution >= 4 is 17.6 Å². The zero-order chi connectivity index (χ0) is 19.6. The van der Waals surface area contributed by atoms with Crippen LogP contribution in [0.1, 0.15) is 12.5 Å². The minimum Gasteiger partial charge on any atom is -0.508 e. The Morgan fingerprint density at radius 2 is 1.89 bits per heavy atom. The molecule has 1 N–H and O–H groups in total. The first-order valence-corrected chi connectivity index (χ1v) is 9.05. The van der Waals surface area contributed by atoms with Gasteiger partial charge < -0.3 is 14.6 Å². The second-order valence-electron chi connectivity index (χ2n) is 6.07. The molecule has 0 aliphatic carbocycles. The molecule has 5 nitrogen and oxygen atoms in total. The summed E-state index contributed by atoms with van der Waals surface area (Å²) in [5.41, 5.74) is 1.12. The molecule has 1 atom stereocenters. The second-order valence-corrected chi connectivity index (χ2v) is 6.51. The smallest absolute Gasteiger partial charge is 0.347 e. The van der Waals surface area contributed by atoms with Crippen molar-refractivity contribution in [2.24, 2.45) is 0 Å². The van der Waals surface area contributed by atoms with E-state index in [2.05, 4.69) is 11.5 Å². The second kappa shape index (κ2) is 10.6. The van der Waals surface area contributed by atoms with E-state index >= 15 is 0 Å². The number of esters is 1. The molecule has 0 spiro atoms. The third-order valence-electron chi connectivity index (χ3n) is 3.84. The van der Waals surface area contributed by atoms with Crippen molar-refractivity contribution in [1.29, 1.82) is 0 Å². The van der Waals surface area contributed by atoms with Gasteiger partial charge in [-0.2, -0.15) is 0 Å². The van der Waals surface area contributed by atoms with Gasteiger partial charge in [-0.25, -0.2) is 4.79 Å². The van der Waals surface area contributed by atoms with Crippen LogP contribution in [0.25, 0.3) is 0 Å². The summed E-state index contributed by atoms with van der Waals surface area (Å²) < 4.78 is 10.8. The number of benzene rings is 2. The van der Waals surface area contributed by atoms with Crippen LogP contribution >= 0.6 is 11.6 Å². The summed E-state index contributed by atoms with van der Waals surface area (Å²) in [6.07, 6.45) is 1.08. The van der Waals surface area contributed by atoms with Gasteiger partial charge in [-0.1, -0.05) is 29.8 Å². The summed E-state index contributed by atoms with van der Waals surface area (Å²) in [6.45, 7) is 7.62. The number of phenolic OH excluding ortho intramolecular Hbond substituents is 1. The highest BCUT2D eigenvalue weighted by Crippen LogP contribution is 2.17. The Morgan fingerprint density at radius 1 is 1.22 bits per heavy atom. The van der Waals surface area contributed by atoms with Gasteiger partial charge in [-0.15, -0.1) is 6.58 Å². The molecular weight excluding hydrogens is 366 g/mol. The fraction of sp³-hybridized carbons (Fsp3) is 0.286. The number of nitrogens with zero attached hydrogens (tertiary/aromatic N) is 1. The topological polar surface area (TPSA) is 59.0 Å². The molecule has 0 saturated heterocycles. The number of hydrogen-bond acceptors (Lipinski definition) is 5. The third kappa shape index (κ3) is 7.33. The lowest BCUT2D eigenvalue weighted by Crippen LogP contribution is -2.31. The molecule has 0 fully saturated rings. The molecule has 2 aromatic carbocycles. The van der Waals surface area contributed by atoms with Gasteiger partial charge in [0.05, 0.1) is 0 Å². The first kappa shape index (κ1) is 20.8. The van der Waals surface area contributed by atoms with E-state index in [9.17, 15) is 9.90 Å². The summed E-state index contributed by atoms with van der Waals surface area (Å²) in [6, 6.07) is 13.8. The predicted molar refractivity (Wildman–Crippen MR) is 106 cm³/mol. The molecule has 0 radical (unpaired) electrons. The lowest BCUT2D eigenvalue weighted by molar-refractivity contribution is -0.151. The molecule has 144 valence electrons. The fourth-order valence-electron chi connectivity index (χ4n) is 2.44. The maximum Gasteiger partial charge on any atom is 0.347 e. The van der Waals surface area contributed by atoms with Gasteiger partial charge in [0, 0.05) is 24.7 Å². The Balaban J connectivity index is 1.78. The van der Waals surface area contributed by atoms with Crippen LogP contribution in [0, 0.1) is 0 Å². The van der Waals surface area contributed by atoms with E-state index in [1.807, 2.05) is 30.3 Å². The SMILES string of the molecule is C=CCN(CCOC(=O)C(C)Oc1ccc(O)cc1)Cc1ccc(Cl)cc1. The monoisotopic (exact) mass is 389 g/mol. The molecule has 0 aliphatic rings. The number of aromatic hydroxyl groups is 1. The summed E-state index contributed by atoms with van der Waals surface area (Å²) in [5.74, 6) is 0.196. The first-order valence-electron chi connectivity index (χ1n) is 8.68. The van der Waals surface area contributed by atoms with Crippen LogP contribution in [0.4, 0.5) is 0 Å². The Bertz CT molecular complexity index is 731. The summed E-state index contributed by atoms with van der Waals surface area (Å²) in [5, 5.41) is 9.97. The minimum absolute atomic E-state index is 0.139. The van der Waals surface area contributed by atoms with E-state index in [1.54, 1.807) is 19.1 Å². The molecule has 27 heavy (non-hydrogen) atoms. The Morgan fingerprint density at radius 3 is 2.52 bits per heavy atom. The number of hydrogen-bond donors (Lipinski definition) is 1. The number of carbonyl (C=O) groups excluding carboxylic acids is 1. The van der Waals surface area contributed by atoms with Gasteiger partial charge in [0.25, 0.3) is 0 Å². The Labute approximate surface area is 164 Å². The zero-order valence-electron chi connectivity index (χ0n) is 15.3. The average molecular weight is 390 g/mol. The van der Waals surface area contributed by atoms with Crippen LogP contribution in [0.3, 0.4) is 0 Å². The highest BCUT2D eigenvalue weighted by Gasteiger charge is 2.17. The fourth-order valence-corrected chi connectivity index (χ4v) is 2.56. The molecule has 6 heteroatoms. The zero-order valence-corrected chi connectivity index (χ0v) is 16.1. The summed E-state index contributed by atoms with van der Waals surface area (Å²) in [4.78, 5) is 14.2. The largest absolute Gasteiger partial charge is 0.508 e. The molecule has 0 saturated carbocycles. The van der Waals surface area contributed by atoms with Crippen LogP contribution in [0.5, 0.6) is 11.5 Å².